The smallest absolute Gasteiger partial charge is 0.225 e. The number of nitrogens with one attached hydrogen (secondary N) is 3. The van der Waals surface area contributed by atoms with Crippen LogP contribution in [0.5, 0.6) is 0 Å². The summed E-state index contributed by atoms with van der Waals surface area (Å²) in [5.74, 6) is 1.72. The first-order chi connectivity index (χ1) is 14.1. The summed E-state index contributed by atoms with van der Waals surface area (Å²) >= 11 is 0. The standard InChI is InChI=1S/C19H21NO.C5H10N2O/c1-20-19(21)17-12-16(13-17)18(14-8-4-2-5-9-14)15-10-6-3-7-11-15;1-6-5(8)4-2-7-3-4/h2-11,16-18H,12-13H2,1H3,(H,20,21);4,7H,2-3H2,1H3,(H,6,8). The third kappa shape index (κ3) is 5.24. The summed E-state index contributed by atoms with van der Waals surface area (Å²) in [6.45, 7) is 1.69. The molecule has 0 spiro atoms. The summed E-state index contributed by atoms with van der Waals surface area (Å²) < 4.78 is 0. The van der Waals surface area contributed by atoms with Crippen LogP contribution in [0.2, 0.25) is 0 Å². The van der Waals surface area contributed by atoms with Gasteiger partial charge in [-0.1, -0.05) is 60.7 Å². The molecule has 1 aliphatic carbocycles. The fourth-order valence-corrected chi connectivity index (χ4v) is 4.09. The minimum Gasteiger partial charge on any atom is -0.359 e. The quantitative estimate of drug-likeness (QED) is 0.731. The molecule has 2 aromatic rings. The summed E-state index contributed by atoms with van der Waals surface area (Å²) in [6.07, 6.45) is 1.96. The highest BCUT2D eigenvalue weighted by Crippen LogP contribution is 2.46. The van der Waals surface area contributed by atoms with Gasteiger partial charge < -0.3 is 16.0 Å². The van der Waals surface area contributed by atoms with E-state index in [1.807, 2.05) is 0 Å². The fraction of sp³-hybridized carbons (Fsp3) is 0.417. The van der Waals surface area contributed by atoms with E-state index in [2.05, 4.69) is 76.6 Å². The van der Waals surface area contributed by atoms with E-state index in [9.17, 15) is 9.59 Å². The lowest BCUT2D eigenvalue weighted by atomic mass is 9.64. The predicted octanol–water partition coefficient (Wildman–Crippen LogP) is 2.54. The van der Waals surface area contributed by atoms with Gasteiger partial charge in [0.15, 0.2) is 0 Å². The van der Waals surface area contributed by atoms with Gasteiger partial charge >= 0.3 is 0 Å². The van der Waals surface area contributed by atoms with Crippen LogP contribution in [0.4, 0.5) is 0 Å². The molecule has 0 radical (unpaired) electrons. The molecule has 1 saturated carbocycles. The molecule has 2 aliphatic rings. The lowest BCUT2D eigenvalue weighted by molar-refractivity contribution is -0.128. The lowest BCUT2D eigenvalue weighted by Crippen LogP contribution is -2.49. The van der Waals surface area contributed by atoms with Crippen molar-refractivity contribution in [2.24, 2.45) is 17.8 Å². The van der Waals surface area contributed by atoms with Crippen molar-refractivity contribution >= 4 is 11.8 Å². The van der Waals surface area contributed by atoms with E-state index < -0.39 is 0 Å². The number of hydrogen-bond acceptors (Lipinski definition) is 3. The van der Waals surface area contributed by atoms with Crippen molar-refractivity contribution < 1.29 is 9.59 Å². The van der Waals surface area contributed by atoms with Crippen molar-refractivity contribution in [2.45, 2.75) is 18.8 Å². The van der Waals surface area contributed by atoms with Crippen molar-refractivity contribution in [3.8, 4) is 0 Å². The molecule has 1 aliphatic heterocycles. The number of amides is 2. The van der Waals surface area contributed by atoms with Gasteiger partial charge in [-0.3, -0.25) is 9.59 Å². The van der Waals surface area contributed by atoms with Crippen LogP contribution in [0, 0.1) is 17.8 Å². The van der Waals surface area contributed by atoms with Gasteiger partial charge in [-0.2, -0.15) is 0 Å². The topological polar surface area (TPSA) is 70.2 Å². The number of benzene rings is 2. The first-order valence-electron chi connectivity index (χ1n) is 10.4. The Balaban J connectivity index is 0.000000252. The van der Waals surface area contributed by atoms with Crippen LogP contribution in [0.1, 0.15) is 29.9 Å². The molecule has 0 unspecified atom stereocenters. The number of carbonyl (C=O) groups excluding carboxylic acids is 2. The zero-order valence-corrected chi connectivity index (χ0v) is 17.2. The SMILES string of the molecule is CNC(=O)C1CC(C(c2ccccc2)c2ccccc2)C1.CNC(=O)C1CNC1. The largest absolute Gasteiger partial charge is 0.359 e. The van der Waals surface area contributed by atoms with Crippen LogP contribution >= 0.6 is 0 Å². The summed E-state index contributed by atoms with van der Waals surface area (Å²) in [5.41, 5.74) is 2.70. The Kier molecular flexibility index (Phi) is 7.42. The van der Waals surface area contributed by atoms with Crippen LogP contribution in [-0.4, -0.2) is 39.0 Å². The maximum Gasteiger partial charge on any atom is 0.225 e. The molecule has 4 rings (SSSR count). The average Bonchev–Trinajstić information content (AvgIpc) is 2.70. The zero-order chi connectivity index (χ0) is 20.6. The van der Waals surface area contributed by atoms with Crippen molar-refractivity contribution in [3.05, 3.63) is 71.8 Å². The van der Waals surface area contributed by atoms with Gasteiger partial charge in [0.2, 0.25) is 11.8 Å². The number of carbonyl (C=O) groups is 2. The van der Waals surface area contributed by atoms with E-state index in [0.29, 0.717) is 11.8 Å². The van der Waals surface area contributed by atoms with E-state index in [0.717, 1.165) is 25.9 Å². The van der Waals surface area contributed by atoms with E-state index in [1.165, 1.54) is 11.1 Å². The molecule has 0 bridgehead atoms. The molecule has 5 nitrogen and oxygen atoms in total. The van der Waals surface area contributed by atoms with Crippen LogP contribution in [0.3, 0.4) is 0 Å². The van der Waals surface area contributed by atoms with Crippen molar-refractivity contribution in [2.75, 3.05) is 27.2 Å². The van der Waals surface area contributed by atoms with Gasteiger partial charge in [-0.25, -0.2) is 0 Å². The number of rotatable bonds is 5. The van der Waals surface area contributed by atoms with E-state index >= 15 is 0 Å². The van der Waals surface area contributed by atoms with E-state index in [-0.39, 0.29) is 23.7 Å². The Morgan fingerprint density at radius 3 is 1.59 bits per heavy atom. The Hall–Kier alpha value is -2.66. The van der Waals surface area contributed by atoms with Gasteiger partial charge in [-0.05, 0) is 29.9 Å². The second-order valence-electron chi connectivity index (χ2n) is 7.81. The maximum absolute atomic E-state index is 11.7. The first kappa shape index (κ1) is 21.1. The highest BCUT2D eigenvalue weighted by molar-refractivity contribution is 5.79. The fourth-order valence-electron chi connectivity index (χ4n) is 4.09. The van der Waals surface area contributed by atoms with Gasteiger partial charge in [0, 0.05) is 39.0 Å². The molecule has 0 atom stereocenters. The molecule has 0 aromatic heterocycles. The second kappa shape index (κ2) is 10.2. The van der Waals surface area contributed by atoms with Crippen LogP contribution in [0.25, 0.3) is 0 Å². The van der Waals surface area contributed by atoms with Crippen molar-refractivity contribution in [1.29, 1.82) is 0 Å². The highest BCUT2D eigenvalue weighted by atomic mass is 16.2. The van der Waals surface area contributed by atoms with Crippen molar-refractivity contribution in [3.63, 3.8) is 0 Å². The predicted molar refractivity (Wildman–Crippen MR) is 115 cm³/mol. The number of hydrogen-bond donors (Lipinski definition) is 3. The summed E-state index contributed by atoms with van der Waals surface area (Å²) in [7, 11) is 3.39. The molecule has 154 valence electrons. The maximum atomic E-state index is 11.7. The summed E-state index contributed by atoms with van der Waals surface area (Å²) in [6, 6.07) is 21.3. The van der Waals surface area contributed by atoms with E-state index in [4.69, 9.17) is 0 Å². The van der Waals surface area contributed by atoms with Gasteiger partial charge in [0.05, 0.1) is 5.92 Å². The summed E-state index contributed by atoms with van der Waals surface area (Å²) in [5, 5.41) is 8.37. The van der Waals surface area contributed by atoms with Gasteiger partial charge in [0.25, 0.3) is 0 Å². The highest BCUT2D eigenvalue weighted by Gasteiger charge is 2.39. The average molecular weight is 394 g/mol. The summed E-state index contributed by atoms with van der Waals surface area (Å²) in [4.78, 5) is 22.4. The Morgan fingerprint density at radius 2 is 1.24 bits per heavy atom. The minimum atomic E-state index is 0.156. The first-order valence-corrected chi connectivity index (χ1v) is 10.4. The minimum absolute atomic E-state index is 0.156. The Labute approximate surface area is 173 Å². The molecule has 29 heavy (non-hydrogen) atoms. The Morgan fingerprint density at radius 1 is 0.793 bits per heavy atom. The normalized spacial score (nSPS) is 20.5. The van der Waals surface area contributed by atoms with Crippen molar-refractivity contribution in [1.82, 2.24) is 16.0 Å². The van der Waals surface area contributed by atoms with E-state index in [1.54, 1.807) is 14.1 Å². The third-order valence-corrected chi connectivity index (χ3v) is 5.98. The second-order valence-corrected chi connectivity index (χ2v) is 7.81. The molecule has 2 fully saturated rings. The lowest BCUT2D eigenvalue weighted by Gasteiger charge is -2.40. The van der Waals surface area contributed by atoms with Crippen LogP contribution < -0.4 is 16.0 Å². The molecule has 1 saturated heterocycles. The molecule has 1 heterocycles. The van der Waals surface area contributed by atoms with Gasteiger partial charge in [0.1, 0.15) is 0 Å². The molecule has 5 heteroatoms. The van der Waals surface area contributed by atoms with Crippen LogP contribution in [-0.2, 0) is 9.59 Å². The molecule has 2 amide bonds. The third-order valence-electron chi connectivity index (χ3n) is 5.98. The monoisotopic (exact) mass is 393 g/mol. The molecular weight excluding hydrogens is 362 g/mol. The zero-order valence-electron chi connectivity index (χ0n) is 17.2. The molecular formula is C24H31N3O2. The van der Waals surface area contributed by atoms with Gasteiger partial charge in [-0.15, -0.1) is 0 Å². The molecule has 3 N–H and O–H groups in total. The van der Waals surface area contributed by atoms with Crippen LogP contribution in [0.15, 0.2) is 60.7 Å². The Bertz CT molecular complexity index is 745. The molecule has 2 aromatic carbocycles.